The van der Waals surface area contributed by atoms with Crippen LogP contribution in [0.3, 0.4) is 0 Å². The van der Waals surface area contributed by atoms with Gasteiger partial charge in [-0.25, -0.2) is 0 Å². The molecule has 20 heavy (non-hydrogen) atoms. The predicted molar refractivity (Wildman–Crippen MR) is 85.9 cm³/mol. The topological polar surface area (TPSA) is 36.9 Å². The van der Waals surface area contributed by atoms with Crippen molar-refractivity contribution < 1.29 is 4.74 Å². The molecule has 4 nitrogen and oxygen atoms in total. The van der Waals surface area contributed by atoms with E-state index in [1.165, 1.54) is 5.56 Å². The quantitative estimate of drug-likeness (QED) is 0.676. The summed E-state index contributed by atoms with van der Waals surface area (Å²) in [5, 5.41) is 3.43. The summed E-state index contributed by atoms with van der Waals surface area (Å²) < 4.78 is 6.50. The number of hydrogen-bond acceptors (Lipinski definition) is 2. The number of nitrogens with one attached hydrogen (secondary N) is 1. The highest BCUT2D eigenvalue weighted by atomic mass is 79.9. The normalized spacial score (nSPS) is 19.1. The van der Waals surface area contributed by atoms with E-state index in [-0.39, 0.29) is 0 Å². The molecule has 1 aromatic rings. The lowest BCUT2D eigenvalue weighted by Crippen LogP contribution is -2.40. The molecule has 1 aromatic carbocycles. The molecule has 1 saturated heterocycles. The molecule has 0 saturated carbocycles. The third kappa shape index (κ3) is 4.49. The van der Waals surface area contributed by atoms with Crippen LogP contribution in [0.25, 0.3) is 0 Å². The Balaban J connectivity index is 1.84. The maximum absolute atomic E-state index is 5.39. The Bertz CT molecular complexity index is 441. The van der Waals surface area contributed by atoms with E-state index in [0.717, 1.165) is 43.2 Å². The van der Waals surface area contributed by atoms with Crippen molar-refractivity contribution in [2.75, 3.05) is 33.9 Å². The highest BCUT2D eigenvalue weighted by Crippen LogP contribution is 2.13. The first-order valence-electron chi connectivity index (χ1n) is 6.93. The van der Waals surface area contributed by atoms with Gasteiger partial charge in [0.25, 0.3) is 0 Å². The summed E-state index contributed by atoms with van der Waals surface area (Å²) in [6.45, 7) is 3.52. The third-order valence-corrected chi connectivity index (χ3v) is 4.01. The fourth-order valence-electron chi connectivity index (χ4n) is 2.30. The Kier molecular flexibility index (Phi) is 5.86. The van der Waals surface area contributed by atoms with Crippen molar-refractivity contribution in [1.29, 1.82) is 0 Å². The summed E-state index contributed by atoms with van der Waals surface area (Å²) in [5.74, 6) is 1.53. The van der Waals surface area contributed by atoms with E-state index in [1.807, 2.05) is 7.05 Å². The van der Waals surface area contributed by atoms with Gasteiger partial charge in [0.2, 0.25) is 0 Å². The third-order valence-electron chi connectivity index (χ3n) is 3.48. The first kappa shape index (κ1) is 15.3. The molecule has 0 amide bonds. The predicted octanol–water partition coefficient (Wildman–Crippen LogP) is 2.49. The average Bonchev–Trinajstić information content (AvgIpc) is 2.95. The minimum Gasteiger partial charge on any atom is -0.381 e. The summed E-state index contributed by atoms with van der Waals surface area (Å²) >= 11 is 3.46. The van der Waals surface area contributed by atoms with E-state index in [9.17, 15) is 0 Å². The van der Waals surface area contributed by atoms with Crippen molar-refractivity contribution in [3.8, 4) is 0 Å². The lowest BCUT2D eigenvalue weighted by molar-refractivity contribution is 0.186. The fraction of sp³-hybridized carbons (Fsp3) is 0.533. The van der Waals surface area contributed by atoms with Crippen LogP contribution in [-0.2, 0) is 11.3 Å². The van der Waals surface area contributed by atoms with E-state index in [0.29, 0.717) is 5.92 Å². The van der Waals surface area contributed by atoms with Crippen LogP contribution in [0, 0.1) is 5.92 Å². The molecule has 0 unspecified atom stereocenters. The monoisotopic (exact) mass is 339 g/mol. The number of rotatable bonds is 4. The minimum atomic E-state index is 0.604. The zero-order chi connectivity index (χ0) is 14.4. The van der Waals surface area contributed by atoms with E-state index < -0.39 is 0 Å². The van der Waals surface area contributed by atoms with E-state index in [2.05, 4.69) is 62.5 Å². The standard InChI is InChI=1S/C15H22BrN3O/c1-17-15(18-9-13-7-8-20-11-13)19(2)10-12-3-5-14(16)6-4-12/h3-6,13H,7-11H2,1-2H3,(H,17,18)/t13-/m0/s1. The van der Waals surface area contributed by atoms with Crippen molar-refractivity contribution in [3.05, 3.63) is 34.3 Å². The van der Waals surface area contributed by atoms with Gasteiger partial charge < -0.3 is 15.0 Å². The van der Waals surface area contributed by atoms with Crippen LogP contribution >= 0.6 is 15.9 Å². The maximum Gasteiger partial charge on any atom is 0.193 e. The van der Waals surface area contributed by atoms with E-state index in [4.69, 9.17) is 4.74 Å². The number of ether oxygens (including phenoxy) is 1. The summed E-state index contributed by atoms with van der Waals surface area (Å²) in [5.41, 5.74) is 1.27. The zero-order valence-electron chi connectivity index (χ0n) is 12.1. The van der Waals surface area contributed by atoms with Crippen LogP contribution < -0.4 is 5.32 Å². The van der Waals surface area contributed by atoms with Gasteiger partial charge in [-0.2, -0.15) is 0 Å². The SMILES string of the molecule is CN=C(NC[C@@H]1CCOC1)N(C)Cc1ccc(Br)cc1. The van der Waals surface area contributed by atoms with Crippen molar-refractivity contribution in [3.63, 3.8) is 0 Å². The molecule has 1 aliphatic rings. The van der Waals surface area contributed by atoms with E-state index in [1.54, 1.807) is 0 Å². The highest BCUT2D eigenvalue weighted by molar-refractivity contribution is 9.10. The van der Waals surface area contributed by atoms with Gasteiger partial charge in [0.15, 0.2) is 5.96 Å². The Hall–Kier alpha value is -1.07. The summed E-state index contributed by atoms with van der Waals surface area (Å²) in [4.78, 5) is 6.48. The van der Waals surface area contributed by atoms with Crippen molar-refractivity contribution in [2.45, 2.75) is 13.0 Å². The molecule has 5 heteroatoms. The van der Waals surface area contributed by atoms with Crippen molar-refractivity contribution >= 4 is 21.9 Å². The van der Waals surface area contributed by atoms with Gasteiger partial charge >= 0.3 is 0 Å². The number of halogens is 1. The van der Waals surface area contributed by atoms with Gasteiger partial charge in [0, 0.05) is 44.2 Å². The summed E-state index contributed by atoms with van der Waals surface area (Å²) in [6, 6.07) is 8.38. The lowest BCUT2D eigenvalue weighted by Gasteiger charge is -2.23. The zero-order valence-corrected chi connectivity index (χ0v) is 13.7. The Morgan fingerprint density at radius 1 is 1.45 bits per heavy atom. The minimum absolute atomic E-state index is 0.604. The second kappa shape index (κ2) is 7.64. The second-order valence-corrected chi connectivity index (χ2v) is 6.06. The first-order valence-corrected chi connectivity index (χ1v) is 7.72. The molecule has 0 bridgehead atoms. The smallest absolute Gasteiger partial charge is 0.193 e. The highest BCUT2D eigenvalue weighted by Gasteiger charge is 2.16. The summed E-state index contributed by atoms with van der Waals surface area (Å²) in [6.07, 6.45) is 1.14. The van der Waals surface area contributed by atoms with Crippen LogP contribution in [0.4, 0.5) is 0 Å². The van der Waals surface area contributed by atoms with Gasteiger partial charge in [0.05, 0.1) is 6.61 Å². The Morgan fingerprint density at radius 2 is 2.20 bits per heavy atom. The molecule has 0 radical (unpaired) electrons. The lowest BCUT2D eigenvalue weighted by atomic mass is 10.1. The molecule has 0 aromatic heterocycles. The molecule has 1 atom stereocenters. The molecule has 0 aliphatic carbocycles. The molecular weight excluding hydrogens is 318 g/mol. The molecule has 1 N–H and O–H groups in total. The summed E-state index contributed by atoms with van der Waals surface area (Å²) in [7, 11) is 3.88. The molecule has 110 valence electrons. The average molecular weight is 340 g/mol. The van der Waals surface area contributed by atoms with E-state index >= 15 is 0 Å². The Labute approximate surface area is 129 Å². The molecular formula is C15H22BrN3O. The number of hydrogen-bond donors (Lipinski definition) is 1. The first-order chi connectivity index (χ1) is 9.69. The van der Waals surface area contributed by atoms with Crippen molar-refractivity contribution in [2.24, 2.45) is 10.9 Å². The number of guanidine groups is 1. The van der Waals surface area contributed by atoms with Crippen LogP contribution in [0.1, 0.15) is 12.0 Å². The largest absolute Gasteiger partial charge is 0.381 e. The second-order valence-electron chi connectivity index (χ2n) is 5.14. The molecule has 1 aliphatic heterocycles. The van der Waals surface area contributed by atoms with Gasteiger partial charge in [-0.15, -0.1) is 0 Å². The number of nitrogens with zero attached hydrogens (tertiary/aromatic N) is 2. The van der Waals surface area contributed by atoms with Gasteiger partial charge in [-0.05, 0) is 24.1 Å². The Morgan fingerprint density at radius 3 is 2.80 bits per heavy atom. The number of benzene rings is 1. The number of aliphatic imine (C=N–C) groups is 1. The van der Waals surface area contributed by atoms with Gasteiger partial charge in [-0.1, -0.05) is 28.1 Å². The van der Waals surface area contributed by atoms with Crippen LogP contribution in [-0.4, -0.2) is 44.7 Å². The van der Waals surface area contributed by atoms with Crippen molar-refractivity contribution in [1.82, 2.24) is 10.2 Å². The molecule has 1 heterocycles. The maximum atomic E-state index is 5.39. The molecule has 2 rings (SSSR count). The molecule has 0 spiro atoms. The van der Waals surface area contributed by atoms with Gasteiger partial charge in [0.1, 0.15) is 0 Å². The van der Waals surface area contributed by atoms with Crippen LogP contribution in [0.2, 0.25) is 0 Å². The van der Waals surface area contributed by atoms with Crippen LogP contribution in [0.5, 0.6) is 0 Å². The molecule has 1 fully saturated rings. The van der Waals surface area contributed by atoms with Crippen LogP contribution in [0.15, 0.2) is 33.7 Å². The van der Waals surface area contributed by atoms with Gasteiger partial charge in [-0.3, -0.25) is 4.99 Å². The fourth-order valence-corrected chi connectivity index (χ4v) is 2.57.